The quantitative estimate of drug-likeness (QED) is 0.565. The van der Waals surface area contributed by atoms with Crippen molar-refractivity contribution in [2.45, 2.75) is 25.7 Å². The highest BCUT2D eigenvalue weighted by Crippen LogP contribution is 2.32. The first kappa shape index (κ1) is 22.1. The zero-order valence-electron chi connectivity index (χ0n) is 17.5. The Bertz CT molecular complexity index is 1220. The van der Waals surface area contributed by atoms with Crippen LogP contribution in [0.4, 0.5) is 5.69 Å². The number of pyridine rings is 1. The molecule has 0 spiro atoms. The van der Waals surface area contributed by atoms with E-state index in [9.17, 15) is 8.42 Å². The van der Waals surface area contributed by atoms with Gasteiger partial charge in [0, 0.05) is 37.4 Å². The number of halogens is 2. The van der Waals surface area contributed by atoms with Gasteiger partial charge in [-0.05, 0) is 50.6 Å². The van der Waals surface area contributed by atoms with Gasteiger partial charge in [-0.25, -0.2) is 18.1 Å². The van der Waals surface area contributed by atoms with Crippen molar-refractivity contribution in [1.82, 2.24) is 19.1 Å². The summed E-state index contributed by atoms with van der Waals surface area (Å²) in [5.74, 6) is 0.753. The molecule has 1 aliphatic rings. The minimum Gasteiger partial charge on any atom is -0.366 e. The second-order valence-corrected chi connectivity index (χ2v) is 10.3. The molecule has 7 nitrogen and oxygen atoms in total. The molecule has 1 fully saturated rings. The number of aryl methyl sites for hydroxylation is 2. The molecule has 0 unspecified atom stereocenters. The molecule has 0 bridgehead atoms. The van der Waals surface area contributed by atoms with Gasteiger partial charge in [-0.1, -0.05) is 29.3 Å². The molecule has 3 aromatic rings. The molecule has 10 heteroatoms. The first-order valence-electron chi connectivity index (χ1n) is 9.88. The van der Waals surface area contributed by atoms with Crippen LogP contribution in [0.2, 0.25) is 10.0 Å². The molecule has 31 heavy (non-hydrogen) atoms. The molecule has 0 radical (unpaired) electrons. The summed E-state index contributed by atoms with van der Waals surface area (Å²) in [7, 11) is -3.71. The van der Waals surface area contributed by atoms with Crippen LogP contribution in [0.3, 0.4) is 0 Å². The fourth-order valence-electron chi connectivity index (χ4n) is 3.91. The molecule has 0 N–H and O–H groups in total. The Labute approximate surface area is 192 Å². The van der Waals surface area contributed by atoms with Crippen LogP contribution < -0.4 is 4.90 Å². The standard InChI is InChI=1S/C21H23Cl2N5O2S/c1-14-12-19(18(23)13-17(14)22)31(29,30)27-10-8-26(9-11-27)21-15(2)25-28(16(21)3)20-6-4-5-7-24-20/h4-7,12-13H,8-11H2,1-3H3. The number of anilines is 1. The Morgan fingerprint density at radius 1 is 0.968 bits per heavy atom. The van der Waals surface area contributed by atoms with Gasteiger partial charge in [0.05, 0.1) is 22.1 Å². The van der Waals surface area contributed by atoms with Crippen molar-refractivity contribution in [3.8, 4) is 5.82 Å². The molecule has 0 aliphatic carbocycles. The molecule has 1 aliphatic heterocycles. The molecule has 4 rings (SSSR count). The first-order chi connectivity index (χ1) is 14.7. The van der Waals surface area contributed by atoms with E-state index >= 15 is 0 Å². The van der Waals surface area contributed by atoms with Crippen LogP contribution in [0, 0.1) is 20.8 Å². The molecular formula is C21H23Cl2N5O2S. The van der Waals surface area contributed by atoms with E-state index in [1.54, 1.807) is 13.1 Å². The first-order valence-corrected chi connectivity index (χ1v) is 12.1. The van der Waals surface area contributed by atoms with Gasteiger partial charge in [-0.3, -0.25) is 0 Å². The molecule has 164 valence electrons. The smallest absolute Gasteiger partial charge is 0.244 e. The normalized spacial score (nSPS) is 15.5. The summed E-state index contributed by atoms with van der Waals surface area (Å²) in [6.07, 6.45) is 1.73. The lowest BCUT2D eigenvalue weighted by atomic mass is 10.2. The van der Waals surface area contributed by atoms with E-state index in [1.165, 1.54) is 16.4 Å². The molecule has 0 atom stereocenters. The SMILES string of the molecule is Cc1cc(S(=O)(=O)N2CCN(c3c(C)nn(-c4ccccn4)c3C)CC2)c(Cl)cc1Cl. The second-order valence-electron chi connectivity index (χ2n) is 7.54. The summed E-state index contributed by atoms with van der Waals surface area (Å²) in [6.45, 7) is 7.55. The van der Waals surface area contributed by atoms with Gasteiger partial charge in [0.1, 0.15) is 4.90 Å². The minimum absolute atomic E-state index is 0.0971. The van der Waals surface area contributed by atoms with Crippen molar-refractivity contribution in [1.29, 1.82) is 0 Å². The predicted molar refractivity (Wildman–Crippen MR) is 123 cm³/mol. The fraction of sp³-hybridized carbons (Fsp3) is 0.333. The third-order valence-corrected chi connectivity index (χ3v) is 8.28. The molecule has 2 aromatic heterocycles. The maximum atomic E-state index is 13.2. The van der Waals surface area contributed by atoms with E-state index in [-0.39, 0.29) is 9.92 Å². The van der Waals surface area contributed by atoms with Gasteiger partial charge in [0.25, 0.3) is 0 Å². The Morgan fingerprint density at radius 3 is 2.32 bits per heavy atom. The van der Waals surface area contributed by atoms with E-state index in [1.807, 2.05) is 36.7 Å². The summed E-state index contributed by atoms with van der Waals surface area (Å²) < 4.78 is 29.7. The summed E-state index contributed by atoms with van der Waals surface area (Å²) >= 11 is 12.3. The van der Waals surface area contributed by atoms with E-state index in [0.29, 0.717) is 36.8 Å². The van der Waals surface area contributed by atoms with Crippen molar-refractivity contribution >= 4 is 38.9 Å². The molecule has 0 amide bonds. The summed E-state index contributed by atoms with van der Waals surface area (Å²) in [6, 6.07) is 8.72. The van der Waals surface area contributed by atoms with Crippen LogP contribution in [0.5, 0.6) is 0 Å². The van der Waals surface area contributed by atoms with Gasteiger partial charge in [0.2, 0.25) is 10.0 Å². The highest BCUT2D eigenvalue weighted by Gasteiger charge is 2.32. The number of hydrogen-bond donors (Lipinski definition) is 0. The van der Waals surface area contributed by atoms with Crippen molar-refractivity contribution < 1.29 is 8.42 Å². The van der Waals surface area contributed by atoms with Gasteiger partial charge < -0.3 is 4.90 Å². The van der Waals surface area contributed by atoms with Gasteiger partial charge >= 0.3 is 0 Å². The van der Waals surface area contributed by atoms with Crippen LogP contribution in [0.1, 0.15) is 17.0 Å². The number of aromatic nitrogens is 3. The Kier molecular flexibility index (Phi) is 6.00. The zero-order valence-corrected chi connectivity index (χ0v) is 19.8. The van der Waals surface area contributed by atoms with E-state index < -0.39 is 10.0 Å². The van der Waals surface area contributed by atoms with E-state index in [4.69, 9.17) is 23.2 Å². The highest BCUT2D eigenvalue weighted by molar-refractivity contribution is 7.89. The number of benzene rings is 1. The maximum absolute atomic E-state index is 13.2. The monoisotopic (exact) mass is 479 g/mol. The average molecular weight is 480 g/mol. The van der Waals surface area contributed by atoms with Gasteiger partial charge in [-0.15, -0.1) is 0 Å². The number of rotatable bonds is 4. The second kappa shape index (κ2) is 8.43. The van der Waals surface area contributed by atoms with Crippen molar-refractivity contribution in [3.05, 3.63) is 63.5 Å². The van der Waals surface area contributed by atoms with E-state index in [2.05, 4.69) is 15.0 Å². The maximum Gasteiger partial charge on any atom is 0.244 e. The average Bonchev–Trinajstić information content (AvgIpc) is 3.05. The number of piperazine rings is 1. The predicted octanol–water partition coefficient (Wildman–Crippen LogP) is 4.01. The molecule has 1 aromatic carbocycles. The van der Waals surface area contributed by atoms with Crippen molar-refractivity contribution in [2.75, 3.05) is 31.1 Å². The summed E-state index contributed by atoms with van der Waals surface area (Å²) in [5, 5.41) is 5.24. The van der Waals surface area contributed by atoms with Gasteiger partial charge in [-0.2, -0.15) is 9.40 Å². The van der Waals surface area contributed by atoms with E-state index in [0.717, 1.165) is 22.9 Å². The zero-order chi connectivity index (χ0) is 22.3. The molecule has 3 heterocycles. The van der Waals surface area contributed by atoms with Crippen molar-refractivity contribution in [3.63, 3.8) is 0 Å². The Hall–Kier alpha value is -2.13. The van der Waals surface area contributed by atoms with Crippen LogP contribution >= 0.6 is 23.2 Å². The lowest BCUT2D eigenvalue weighted by molar-refractivity contribution is 0.384. The largest absolute Gasteiger partial charge is 0.366 e. The summed E-state index contributed by atoms with van der Waals surface area (Å²) in [4.78, 5) is 6.66. The number of nitrogens with zero attached hydrogens (tertiary/aromatic N) is 5. The Balaban J connectivity index is 1.56. The molecule has 0 saturated carbocycles. The molecule has 1 saturated heterocycles. The molecular weight excluding hydrogens is 457 g/mol. The third kappa shape index (κ3) is 4.05. The minimum atomic E-state index is -3.71. The van der Waals surface area contributed by atoms with Gasteiger partial charge in [0.15, 0.2) is 5.82 Å². The van der Waals surface area contributed by atoms with Crippen LogP contribution in [0.25, 0.3) is 5.82 Å². The Morgan fingerprint density at radius 2 is 1.68 bits per heavy atom. The topological polar surface area (TPSA) is 71.3 Å². The third-order valence-electron chi connectivity index (χ3n) is 5.51. The fourth-order valence-corrected chi connectivity index (χ4v) is 6.14. The van der Waals surface area contributed by atoms with Crippen LogP contribution in [-0.2, 0) is 10.0 Å². The number of hydrogen-bond acceptors (Lipinski definition) is 5. The number of sulfonamides is 1. The highest BCUT2D eigenvalue weighted by atomic mass is 35.5. The van der Waals surface area contributed by atoms with Crippen LogP contribution in [-0.4, -0.2) is 53.7 Å². The lowest BCUT2D eigenvalue weighted by Gasteiger charge is -2.35. The van der Waals surface area contributed by atoms with Crippen LogP contribution in [0.15, 0.2) is 41.4 Å². The van der Waals surface area contributed by atoms with Crippen molar-refractivity contribution in [2.24, 2.45) is 0 Å². The lowest BCUT2D eigenvalue weighted by Crippen LogP contribution is -2.49. The summed E-state index contributed by atoms with van der Waals surface area (Å²) in [5.41, 5.74) is 3.55.